The van der Waals surface area contributed by atoms with Gasteiger partial charge in [-0.25, -0.2) is 0 Å². The van der Waals surface area contributed by atoms with E-state index in [1.165, 1.54) is 0 Å². The van der Waals surface area contributed by atoms with Crippen molar-refractivity contribution < 1.29 is 4.74 Å². The molecular weight excluding hydrogens is 178 g/mol. The normalized spacial score (nSPS) is 12.9. The zero-order valence-electron chi connectivity index (χ0n) is 8.90. The first-order valence-electron chi connectivity index (χ1n) is 4.61. The van der Waals surface area contributed by atoms with Crippen molar-refractivity contribution in [2.45, 2.75) is 13.0 Å². The Morgan fingerprint density at radius 2 is 2.21 bits per heavy atom. The molecule has 0 radical (unpaired) electrons. The third-order valence-corrected chi connectivity index (χ3v) is 2.10. The molecule has 4 heteroatoms. The lowest BCUT2D eigenvalue weighted by molar-refractivity contribution is 0.193. The molecule has 1 aromatic rings. The van der Waals surface area contributed by atoms with Gasteiger partial charge in [-0.3, -0.25) is 0 Å². The molecule has 1 heterocycles. The van der Waals surface area contributed by atoms with Crippen molar-refractivity contribution >= 4 is 5.82 Å². The van der Waals surface area contributed by atoms with Crippen LogP contribution in [0.5, 0.6) is 5.88 Å². The molecule has 0 saturated heterocycles. The van der Waals surface area contributed by atoms with Crippen molar-refractivity contribution in [1.82, 2.24) is 9.88 Å². The van der Waals surface area contributed by atoms with Crippen molar-refractivity contribution in [1.29, 1.82) is 0 Å². The molecule has 0 amide bonds. The molecule has 1 atom stereocenters. The summed E-state index contributed by atoms with van der Waals surface area (Å²) in [5, 5.41) is 0. The maximum Gasteiger partial charge on any atom is 0.215 e. The lowest BCUT2D eigenvalue weighted by atomic mass is 10.3. The molecule has 0 bridgehead atoms. The van der Waals surface area contributed by atoms with Crippen LogP contribution in [0.1, 0.15) is 6.92 Å². The third kappa shape index (κ3) is 3.22. The average molecular weight is 195 g/mol. The van der Waals surface area contributed by atoms with Crippen LogP contribution >= 0.6 is 0 Å². The second kappa shape index (κ2) is 4.81. The number of pyridine rings is 1. The summed E-state index contributed by atoms with van der Waals surface area (Å²) in [5.41, 5.74) is 5.52. The molecule has 0 fully saturated rings. The molecule has 2 N–H and O–H groups in total. The number of anilines is 1. The molecule has 0 aromatic carbocycles. The second-order valence-electron chi connectivity index (χ2n) is 3.52. The van der Waals surface area contributed by atoms with E-state index in [4.69, 9.17) is 10.5 Å². The highest BCUT2D eigenvalue weighted by Gasteiger charge is 2.05. The highest BCUT2D eigenvalue weighted by Crippen LogP contribution is 2.09. The molecule has 78 valence electrons. The number of nitrogens with two attached hydrogens (primary N) is 1. The number of likely N-dealkylation sites (N-methyl/N-ethyl adjacent to an activating group) is 1. The molecule has 0 saturated carbocycles. The van der Waals surface area contributed by atoms with Gasteiger partial charge in [0.15, 0.2) is 0 Å². The summed E-state index contributed by atoms with van der Waals surface area (Å²) in [4.78, 5) is 6.13. The molecular formula is C10H17N3O. The molecule has 1 rings (SSSR count). The average Bonchev–Trinajstić information content (AvgIpc) is 2.14. The molecule has 0 aliphatic carbocycles. The number of rotatable bonds is 4. The smallest absolute Gasteiger partial charge is 0.215 e. The Balaban J connectivity index is 2.45. The van der Waals surface area contributed by atoms with Crippen LogP contribution in [0.3, 0.4) is 0 Å². The summed E-state index contributed by atoms with van der Waals surface area (Å²) >= 11 is 0. The zero-order chi connectivity index (χ0) is 10.6. The fourth-order valence-corrected chi connectivity index (χ4v) is 0.866. The van der Waals surface area contributed by atoms with Crippen LogP contribution in [0.15, 0.2) is 18.2 Å². The Bertz CT molecular complexity index is 288. The SMILES string of the molecule is CC(COc1cccc(N)n1)N(C)C. The van der Waals surface area contributed by atoms with Crippen LogP contribution in [-0.4, -0.2) is 36.6 Å². The summed E-state index contributed by atoms with van der Waals surface area (Å²) in [6.07, 6.45) is 0. The standard InChI is InChI=1S/C10H17N3O/c1-8(13(2)3)7-14-10-6-4-5-9(11)12-10/h4-6,8H,7H2,1-3H3,(H2,11,12). The Kier molecular flexibility index (Phi) is 3.71. The number of ether oxygens (including phenoxy) is 1. The van der Waals surface area contributed by atoms with Crippen LogP contribution in [0.2, 0.25) is 0 Å². The molecule has 0 spiro atoms. The lowest BCUT2D eigenvalue weighted by Gasteiger charge is -2.19. The topological polar surface area (TPSA) is 51.4 Å². The van der Waals surface area contributed by atoms with E-state index >= 15 is 0 Å². The van der Waals surface area contributed by atoms with Crippen LogP contribution in [-0.2, 0) is 0 Å². The highest BCUT2D eigenvalue weighted by molar-refractivity contribution is 5.31. The highest BCUT2D eigenvalue weighted by atomic mass is 16.5. The maximum absolute atomic E-state index is 5.52. The van der Waals surface area contributed by atoms with Gasteiger partial charge >= 0.3 is 0 Å². The predicted molar refractivity (Wildman–Crippen MR) is 57.3 cm³/mol. The Morgan fingerprint density at radius 1 is 1.50 bits per heavy atom. The van der Waals surface area contributed by atoms with Gasteiger partial charge in [0.1, 0.15) is 12.4 Å². The van der Waals surface area contributed by atoms with E-state index in [1.807, 2.05) is 20.2 Å². The van der Waals surface area contributed by atoms with Crippen LogP contribution in [0.4, 0.5) is 5.82 Å². The molecule has 4 nitrogen and oxygen atoms in total. The molecule has 0 aliphatic rings. The molecule has 1 aromatic heterocycles. The van der Waals surface area contributed by atoms with Crippen LogP contribution in [0.25, 0.3) is 0 Å². The summed E-state index contributed by atoms with van der Waals surface area (Å²) in [5.74, 6) is 1.07. The third-order valence-electron chi connectivity index (χ3n) is 2.10. The first-order chi connectivity index (χ1) is 6.59. The quantitative estimate of drug-likeness (QED) is 0.778. The second-order valence-corrected chi connectivity index (χ2v) is 3.52. The van der Waals surface area contributed by atoms with Gasteiger partial charge in [-0.05, 0) is 27.1 Å². The minimum Gasteiger partial charge on any atom is -0.476 e. The summed E-state index contributed by atoms with van der Waals surface area (Å²) in [6.45, 7) is 2.70. The Labute approximate surface area is 84.7 Å². The number of aromatic nitrogens is 1. The van der Waals surface area contributed by atoms with E-state index < -0.39 is 0 Å². The Morgan fingerprint density at radius 3 is 2.79 bits per heavy atom. The van der Waals surface area contributed by atoms with Crippen molar-refractivity contribution in [3.8, 4) is 5.88 Å². The summed E-state index contributed by atoms with van der Waals surface area (Å²) < 4.78 is 5.48. The number of hydrogen-bond acceptors (Lipinski definition) is 4. The van der Waals surface area contributed by atoms with E-state index in [9.17, 15) is 0 Å². The van der Waals surface area contributed by atoms with E-state index in [1.54, 1.807) is 12.1 Å². The number of nitrogen functional groups attached to an aromatic ring is 1. The van der Waals surface area contributed by atoms with E-state index in [2.05, 4.69) is 16.8 Å². The van der Waals surface area contributed by atoms with Crippen molar-refractivity contribution in [3.63, 3.8) is 0 Å². The van der Waals surface area contributed by atoms with E-state index in [-0.39, 0.29) is 0 Å². The van der Waals surface area contributed by atoms with Crippen molar-refractivity contribution in [3.05, 3.63) is 18.2 Å². The fourth-order valence-electron chi connectivity index (χ4n) is 0.866. The van der Waals surface area contributed by atoms with Gasteiger partial charge in [0.05, 0.1) is 0 Å². The van der Waals surface area contributed by atoms with Crippen molar-refractivity contribution in [2.75, 3.05) is 26.4 Å². The summed E-state index contributed by atoms with van der Waals surface area (Å²) in [6, 6.07) is 5.73. The fraction of sp³-hybridized carbons (Fsp3) is 0.500. The molecule has 14 heavy (non-hydrogen) atoms. The van der Waals surface area contributed by atoms with Gasteiger partial charge in [-0.1, -0.05) is 6.07 Å². The van der Waals surface area contributed by atoms with E-state index in [0.717, 1.165) is 0 Å². The minimum atomic E-state index is 0.359. The first kappa shape index (κ1) is 10.8. The van der Waals surface area contributed by atoms with Gasteiger partial charge in [0.25, 0.3) is 0 Å². The zero-order valence-corrected chi connectivity index (χ0v) is 8.90. The maximum atomic E-state index is 5.52. The minimum absolute atomic E-state index is 0.359. The van der Waals surface area contributed by atoms with Gasteiger partial charge in [0, 0.05) is 12.1 Å². The Hall–Kier alpha value is -1.29. The van der Waals surface area contributed by atoms with Gasteiger partial charge in [-0.2, -0.15) is 4.98 Å². The van der Waals surface area contributed by atoms with Crippen LogP contribution in [0, 0.1) is 0 Å². The van der Waals surface area contributed by atoms with Crippen LogP contribution < -0.4 is 10.5 Å². The first-order valence-corrected chi connectivity index (χ1v) is 4.61. The number of nitrogens with zero attached hydrogens (tertiary/aromatic N) is 2. The van der Waals surface area contributed by atoms with Gasteiger partial charge in [-0.15, -0.1) is 0 Å². The van der Waals surface area contributed by atoms with Crippen molar-refractivity contribution in [2.24, 2.45) is 0 Å². The van der Waals surface area contributed by atoms with E-state index in [0.29, 0.717) is 24.3 Å². The summed E-state index contributed by atoms with van der Waals surface area (Å²) in [7, 11) is 4.03. The monoisotopic (exact) mass is 195 g/mol. The molecule has 0 aliphatic heterocycles. The van der Waals surface area contributed by atoms with Gasteiger partial charge in [0.2, 0.25) is 5.88 Å². The predicted octanol–water partition coefficient (Wildman–Crippen LogP) is 0.993. The largest absolute Gasteiger partial charge is 0.476 e. The van der Waals surface area contributed by atoms with Gasteiger partial charge < -0.3 is 15.4 Å². The lowest BCUT2D eigenvalue weighted by Crippen LogP contribution is -2.30. The number of hydrogen-bond donors (Lipinski definition) is 1. The molecule has 1 unspecified atom stereocenters.